The highest BCUT2D eigenvalue weighted by atomic mass is 14.8. The summed E-state index contributed by atoms with van der Waals surface area (Å²) in [5.74, 6) is 0.613. The van der Waals surface area contributed by atoms with Crippen molar-refractivity contribution >= 4 is 11.0 Å². The van der Waals surface area contributed by atoms with Crippen LogP contribution in [0.25, 0.3) is 11.0 Å². The molecule has 0 saturated heterocycles. The van der Waals surface area contributed by atoms with Gasteiger partial charge in [0.05, 0.1) is 16.7 Å². The summed E-state index contributed by atoms with van der Waals surface area (Å²) in [5, 5.41) is 0. The van der Waals surface area contributed by atoms with Crippen LogP contribution in [-0.4, -0.2) is 9.97 Å². The topological polar surface area (TPSA) is 25.8 Å². The molecule has 0 bridgehead atoms. The van der Waals surface area contributed by atoms with Crippen molar-refractivity contribution in [3.63, 3.8) is 0 Å². The maximum Gasteiger partial charge on any atom is 0.0893 e. The Hall–Kier alpha value is -1.44. The smallest absolute Gasteiger partial charge is 0.0893 e. The van der Waals surface area contributed by atoms with Gasteiger partial charge in [-0.05, 0) is 35.4 Å². The lowest BCUT2D eigenvalue weighted by Gasteiger charge is -2.19. The van der Waals surface area contributed by atoms with Crippen LogP contribution in [0, 0.1) is 5.92 Å². The molecule has 2 aromatic rings. The first kappa shape index (κ1) is 13.0. The van der Waals surface area contributed by atoms with Gasteiger partial charge in [-0.1, -0.05) is 40.7 Å². The first-order valence-corrected chi connectivity index (χ1v) is 6.62. The van der Waals surface area contributed by atoms with E-state index in [9.17, 15) is 0 Å². The average molecular weight is 242 g/mol. The molecule has 0 saturated carbocycles. The summed E-state index contributed by atoms with van der Waals surface area (Å²) in [5.41, 5.74) is 4.55. The van der Waals surface area contributed by atoms with Crippen LogP contribution in [0.4, 0.5) is 0 Å². The predicted octanol–water partition coefficient (Wildman–Crippen LogP) is 4.13. The lowest BCUT2D eigenvalue weighted by Crippen LogP contribution is -2.11. The van der Waals surface area contributed by atoms with Gasteiger partial charge in [0.1, 0.15) is 0 Å². The van der Waals surface area contributed by atoms with E-state index < -0.39 is 0 Å². The van der Waals surface area contributed by atoms with Crippen LogP contribution in [-0.2, 0) is 11.8 Å². The number of hydrogen-bond donors (Lipinski definition) is 0. The quantitative estimate of drug-likeness (QED) is 0.791. The van der Waals surface area contributed by atoms with Crippen molar-refractivity contribution in [2.24, 2.45) is 5.92 Å². The molecule has 0 aliphatic carbocycles. The molecule has 0 amide bonds. The fraction of sp³-hybridized carbons (Fsp3) is 0.500. The molecule has 0 N–H and O–H groups in total. The Labute approximate surface area is 109 Å². The molecule has 2 heteroatoms. The number of benzene rings is 1. The molecular formula is C16H22N2. The zero-order chi connectivity index (χ0) is 13.3. The van der Waals surface area contributed by atoms with Gasteiger partial charge in [-0.15, -0.1) is 0 Å². The van der Waals surface area contributed by atoms with E-state index in [1.54, 1.807) is 0 Å². The van der Waals surface area contributed by atoms with Gasteiger partial charge in [0.15, 0.2) is 0 Å². The highest BCUT2D eigenvalue weighted by Crippen LogP contribution is 2.24. The highest BCUT2D eigenvalue weighted by Gasteiger charge is 2.14. The predicted molar refractivity (Wildman–Crippen MR) is 76.8 cm³/mol. The van der Waals surface area contributed by atoms with Crippen LogP contribution in [0.5, 0.6) is 0 Å². The van der Waals surface area contributed by atoms with Crippen LogP contribution in [0.3, 0.4) is 0 Å². The first-order chi connectivity index (χ1) is 8.36. The Morgan fingerprint density at radius 3 is 2.44 bits per heavy atom. The van der Waals surface area contributed by atoms with E-state index in [2.05, 4.69) is 57.8 Å². The van der Waals surface area contributed by atoms with Gasteiger partial charge in [-0.3, -0.25) is 4.98 Å². The van der Waals surface area contributed by atoms with E-state index in [1.165, 1.54) is 5.56 Å². The Morgan fingerprint density at radius 1 is 1.11 bits per heavy atom. The van der Waals surface area contributed by atoms with E-state index >= 15 is 0 Å². The summed E-state index contributed by atoms with van der Waals surface area (Å²) in [6.07, 6.45) is 2.89. The summed E-state index contributed by atoms with van der Waals surface area (Å²) >= 11 is 0. The van der Waals surface area contributed by atoms with Gasteiger partial charge in [-0.25, -0.2) is 4.98 Å². The summed E-state index contributed by atoms with van der Waals surface area (Å²) in [6, 6.07) is 6.40. The molecule has 0 aliphatic rings. The lowest BCUT2D eigenvalue weighted by molar-refractivity contribution is 0.590. The molecule has 2 rings (SSSR count). The van der Waals surface area contributed by atoms with E-state index in [-0.39, 0.29) is 5.41 Å². The van der Waals surface area contributed by atoms with Crippen molar-refractivity contribution in [1.29, 1.82) is 0 Å². The van der Waals surface area contributed by atoms with Gasteiger partial charge < -0.3 is 0 Å². The van der Waals surface area contributed by atoms with Crippen LogP contribution >= 0.6 is 0 Å². The van der Waals surface area contributed by atoms with Gasteiger partial charge in [-0.2, -0.15) is 0 Å². The molecule has 0 atom stereocenters. The van der Waals surface area contributed by atoms with Crippen molar-refractivity contribution in [2.75, 3.05) is 0 Å². The van der Waals surface area contributed by atoms with Crippen molar-refractivity contribution < 1.29 is 0 Å². The molecule has 0 radical (unpaired) electrons. The second-order valence-corrected chi connectivity index (χ2v) is 6.41. The van der Waals surface area contributed by atoms with E-state index in [1.807, 2.05) is 6.20 Å². The Balaban J connectivity index is 2.46. The van der Waals surface area contributed by atoms with Gasteiger partial charge in [0, 0.05) is 6.20 Å². The van der Waals surface area contributed by atoms with Crippen molar-refractivity contribution in [3.8, 4) is 0 Å². The number of aromatic nitrogens is 2. The summed E-state index contributed by atoms with van der Waals surface area (Å²) in [6.45, 7) is 11.1. The van der Waals surface area contributed by atoms with E-state index in [0.29, 0.717) is 5.92 Å². The summed E-state index contributed by atoms with van der Waals surface area (Å²) in [4.78, 5) is 9.22. The van der Waals surface area contributed by atoms with Gasteiger partial charge in [0.2, 0.25) is 0 Å². The van der Waals surface area contributed by atoms with Crippen molar-refractivity contribution in [1.82, 2.24) is 9.97 Å². The standard InChI is InChI=1S/C16H22N2/c1-11(2)8-13-10-17-14-7-6-12(16(3,4)5)9-15(14)18-13/h6-7,9-11H,8H2,1-5H3. The monoisotopic (exact) mass is 242 g/mol. The molecule has 0 fully saturated rings. The largest absolute Gasteiger partial charge is 0.253 e. The third kappa shape index (κ3) is 2.87. The maximum atomic E-state index is 4.73. The van der Waals surface area contributed by atoms with Crippen LogP contribution in [0.15, 0.2) is 24.4 Å². The second-order valence-electron chi connectivity index (χ2n) is 6.41. The fourth-order valence-electron chi connectivity index (χ4n) is 2.03. The molecule has 0 aliphatic heterocycles. The van der Waals surface area contributed by atoms with Gasteiger partial charge in [0.25, 0.3) is 0 Å². The Bertz CT molecular complexity index is 551. The minimum Gasteiger partial charge on any atom is -0.253 e. The Morgan fingerprint density at radius 2 is 1.83 bits per heavy atom. The molecule has 0 spiro atoms. The highest BCUT2D eigenvalue weighted by molar-refractivity contribution is 5.75. The van der Waals surface area contributed by atoms with Crippen LogP contribution < -0.4 is 0 Å². The Kier molecular flexibility index (Phi) is 3.38. The number of fused-ring (bicyclic) bond motifs is 1. The molecular weight excluding hydrogens is 220 g/mol. The summed E-state index contributed by atoms with van der Waals surface area (Å²) in [7, 11) is 0. The van der Waals surface area contributed by atoms with E-state index in [4.69, 9.17) is 4.98 Å². The second kappa shape index (κ2) is 4.68. The van der Waals surface area contributed by atoms with Crippen LogP contribution in [0.1, 0.15) is 45.9 Å². The molecule has 1 heterocycles. The van der Waals surface area contributed by atoms with Crippen molar-refractivity contribution in [3.05, 3.63) is 35.7 Å². The number of rotatable bonds is 2. The molecule has 0 unspecified atom stereocenters. The molecule has 1 aromatic carbocycles. The molecule has 18 heavy (non-hydrogen) atoms. The molecule has 1 aromatic heterocycles. The fourth-order valence-corrected chi connectivity index (χ4v) is 2.03. The number of hydrogen-bond acceptors (Lipinski definition) is 2. The van der Waals surface area contributed by atoms with Gasteiger partial charge >= 0.3 is 0 Å². The first-order valence-electron chi connectivity index (χ1n) is 6.62. The third-order valence-corrected chi connectivity index (χ3v) is 3.08. The third-order valence-electron chi connectivity index (χ3n) is 3.08. The minimum atomic E-state index is 0.157. The zero-order valence-corrected chi connectivity index (χ0v) is 12.0. The number of nitrogens with zero attached hydrogens (tertiary/aromatic N) is 2. The average Bonchev–Trinajstić information content (AvgIpc) is 2.26. The minimum absolute atomic E-state index is 0.157. The maximum absolute atomic E-state index is 4.73. The molecule has 96 valence electrons. The normalized spacial score (nSPS) is 12.3. The van der Waals surface area contributed by atoms with Crippen molar-refractivity contribution in [2.45, 2.75) is 46.5 Å². The zero-order valence-electron chi connectivity index (χ0n) is 12.0. The van der Waals surface area contributed by atoms with Crippen LogP contribution in [0.2, 0.25) is 0 Å². The van der Waals surface area contributed by atoms with E-state index in [0.717, 1.165) is 23.1 Å². The SMILES string of the molecule is CC(C)Cc1cnc2ccc(C(C)(C)C)cc2n1. The molecule has 2 nitrogen and oxygen atoms in total. The lowest BCUT2D eigenvalue weighted by atomic mass is 9.87. The summed E-state index contributed by atoms with van der Waals surface area (Å²) < 4.78 is 0.